The Balaban J connectivity index is 1.96. The van der Waals surface area contributed by atoms with Crippen molar-refractivity contribution in [3.05, 3.63) is 53.6 Å². The summed E-state index contributed by atoms with van der Waals surface area (Å²) in [5.74, 6) is 0.967. The summed E-state index contributed by atoms with van der Waals surface area (Å²) >= 11 is 0. The molecule has 2 aromatic rings. The number of aliphatic imine (C=N–C) groups is 1. The van der Waals surface area contributed by atoms with E-state index in [4.69, 9.17) is 15.2 Å². The first-order valence-corrected chi connectivity index (χ1v) is 11.1. The minimum atomic E-state index is -0.0389. The molecule has 0 atom stereocenters. The molecule has 0 saturated heterocycles. The Hall–Kier alpha value is -3.72. The van der Waals surface area contributed by atoms with Crippen LogP contribution in [0.15, 0.2) is 47.5 Å². The molecule has 2 rings (SSSR count). The van der Waals surface area contributed by atoms with Gasteiger partial charge < -0.3 is 36.1 Å². The molecule has 184 valence electrons. The van der Waals surface area contributed by atoms with Crippen LogP contribution in [-0.2, 0) is 17.6 Å². The van der Waals surface area contributed by atoms with E-state index in [1.807, 2.05) is 13.1 Å². The smallest absolute Gasteiger partial charge is 0.192 e. The average Bonchev–Trinajstić information content (AvgIpc) is 2.83. The second-order valence-corrected chi connectivity index (χ2v) is 7.59. The molecule has 0 radical (unpaired) electrons. The molecule has 0 spiro atoms. The van der Waals surface area contributed by atoms with Crippen molar-refractivity contribution in [1.82, 2.24) is 5.32 Å². The van der Waals surface area contributed by atoms with Crippen molar-refractivity contribution >= 4 is 17.4 Å². The molecule has 6 N–H and O–H groups in total. The number of phenolic OH excluding ortho intramolecular Hbond substituents is 2. The Morgan fingerprint density at radius 3 is 2.62 bits per heavy atom. The van der Waals surface area contributed by atoms with Crippen LogP contribution in [0.5, 0.6) is 23.0 Å². The van der Waals surface area contributed by atoms with Crippen LogP contribution in [0.2, 0.25) is 0 Å². The maximum atomic E-state index is 12.2. The zero-order chi connectivity index (χ0) is 24.9. The Labute approximate surface area is 200 Å². The molecule has 0 amide bonds. The SMILES string of the molecule is CN=C(N)Nc1cc(CCC=CC(=O)CCc2ccc(O)c(OC)c2)cc(OCCNC)c1O. The molecule has 0 unspecified atom stereocenters. The highest BCUT2D eigenvalue weighted by Crippen LogP contribution is 2.36. The summed E-state index contributed by atoms with van der Waals surface area (Å²) < 4.78 is 10.8. The Bertz CT molecular complexity index is 1020. The van der Waals surface area contributed by atoms with E-state index in [-0.39, 0.29) is 23.2 Å². The van der Waals surface area contributed by atoms with E-state index < -0.39 is 0 Å². The zero-order valence-corrected chi connectivity index (χ0v) is 19.9. The molecule has 0 aliphatic rings. The molecule has 0 aliphatic carbocycles. The maximum absolute atomic E-state index is 12.2. The van der Waals surface area contributed by atoms with Gasteiger partial charge in [-0.3, -0.25) is 9.79 Å². The second kappa shape index (κ2) is 13.7. The number of nitrogens with two attached hydrogens (primary N) is 1. The van der Waals surface area contributed by atoms with E-state index >= 15 is 0 Å². The van der Waals surface area contributed by atoms with E-state index in [9.17, 15) is 15.0 Å². The van der Waals surface area contributed by atoms with Crippen molar-refractivity contribution in [2.45, 2.75) is 25.7 Å². The summed E-state index contributed by atoms with van der Waals surface area (Å²) in [6.07, 6.45) is 5.61. The highest BCUT2D eigenvalue weighted by molar-refractivity contribution is 5.94. The van der Waals surface area contributed by atoms with Gasteiger partial charge in [-0.05, 0) is 67.8 Å². The third kappa shape index (κ3) is 8.32. The first-order chi connectivity index (χ1) is 16.4. The van der Waals surface area contributed by atoms with Crippen LogP contribution in [0.25, 0.3) is 0 Å². The largest absolute Gasteiger partial charge is 0.504 e. The number of anilines is 1. The number of phenols is 2. The lowest BCUT2D eigenvalue weighted by Crippen LogP contribution is -2.22. The number of ether oxygens (including phenoxy) is 2. The standard InChI is InChI=1S/C25H34N4O5/c1-27-12-13-34-23-16-18(14-20(24(23)32)29-25(26)28-2)6-4-5-7-19(30)10-8-17-9-11-21(31)22(15-17)33-3/h5,7,9,11,14-16,27,31-32H,4,6,8,10,12-13H2,1-3H3,(H3,26,28,29). The van der Waals surface area contributed by atoms with Crippen LogP contribution in [0.1, 0.15) is 24.0 Å². The minimum absolute atomic E-state index is 0.0168. The van der Waals surface area contributed by atoms with Crippen molar-refractivity contribution in [2.75, 3.05) is 39.7 Å². The highest BCUT2D eigenvalue weighted by atomic mass is 16.5. The van der Waals surface area contributed by atoms with Crippen LogP contribution in [0.3, 0.4) is 0 Å². The molecule has 0 aromatic heterocycles. The number of nitrogens with one attached hydrogen (secondary N) is 2. The van der Waals surface area contributed by atoms with Crippen molar-refractivity contribution in [3.8, 4) is 23.0 Å². The first kappa shape index (κ1) is 26.5. The van der Waals surface area contributed by atoms with E-state index in [1.54, 1.807) is 43.5 Å². The van der Waals surface area contributed by atoms with Gasteiger partial charge in [0, 0.05) is 20.0 Å². The fraction of sp³-hybridized carbons (Fsp3) is 0.360. The van der Waals surface area contributed by atoms with Gasteiger partial charge in [-0.15, -0.1) is 0 Å². The molecular formula is C25H34N4O5. The lowest BCUT2D eigenvalue weighted by molar-refractivity contribution is -0.114. The highest BCUT2D eigenvalue weighted by Gasteiger charge is 2.12. The number of ketones is 1. The van der Waals surface area contributed by atoms with Crippen LogP contribution >= 0.6 is 0 Å². The Kier molecular flexibility index (Phi) is 10.7. The predicted molar refractivity (Wildman–Crippen MR) is 134 cm³/mol. The van der Waals surface area contributed by atoms with Gasteiger partial charge in [0.15, 0.2) is 34.7 Å². The average molecular weight is 471 g/mol. The summed E-state index contributed by atoms with van der Waals surface area (Å²) in [6, 6.07) is 8.63. The van der Waals surface area contributed by atoms with Gasteiger partial charge >= 0.3 is 0 Å². The number of nitrogens with zero attached hydrogens (tertiary/aromatic N) is 1. The number of aryl methyl sites for hydroxylation is 2. The molecule has 0 bridgehead atoms. The zero-order valence-electron chi connectivity index (χ0n) is 19.9. The van der Waals surface area contributed by atoms with E-state index in [2.05, 4.69) is 15.6 Å². The summed E-state index contributed by atoms with van der Waals surface area (Å²) in [4.78, 5) is 16.1. The topological polar surface area (TPSA) is 138 Å². The fourth-order valence-electron chi connectivity index (χ4n) is 3.16. The van der Waals surface area contributed by atoms with Gasteiger partial charge in [-0.25, -0.2) is 0 Å². The number of methoxy groups -OCH3 is 1. The number of hydrogen-bond acceptors (Lipinski definition) is 7. The molecule has 0 heterocycles. The van der Waals surface area contributed by atoms with Gasteiger partial charge in [0.25, 0.3) is 0 Å². The van der Waals surface area contributed by atoms with Gasteiger partial charge in [-0.2, -0.15) is 0 Å². The number of guanidine groups is 1. The van der Waals surface area contributed by atoms with Crippen LogP contribution in [0.4, 0.5) is 5.69 Å². The number of aromatic hydroxyl groups is 2. The van der Waals surface area contributed by atoms with Gasteiger partial charge in [0.1, 0.15) is 6.61 Å². The quantitative estimate of drug-likeness (QED) is 0.0990. The van der Waals surface area contributed by atoms with Crippen molar-refractivity contribution in [2.24, 2.45) is 10.7 Å². The molecule has 34 heavy (non-hydrogen) atoms. The maximum Gasteiger partial charge on any atom is 0.192 e. The molecule has 2 aromatic carbocycles. The third-order valence-corrected chi connectivity index (χ3v) is 5.06. The predicted octanol–water partition coefficient (Wildman–Crippen LogP) is 2.75. The van der Waals surface area contributed by atoms with Crippen molar-refractivity contribution in [1.29, 1.82) is 0 Å². The molecule has 0 aliphatic heterocycles. The number of benzene rings is 2. The summed E-state index contributed by atoms with van der Waals surface area (Å²) in [6.45, 7) is 1.03. The van der Waals surface area contributed by atoms with Gasteiger partial charge in [0.2, 0.25) is 0 Å². The van der Waals surface area contributed by atoms with Crippen LogP contribution < -0.4 is 25.8 Å². The monoisotopic (exact) mass is 470 g/mol. The van der Waals surface area contributed by atoms with E-state index in [0.29, 0.717) is 56.0 Å². The molecule has 9 heteroatoms. The summed E-state index contributed by atoms with van der Waals surface area (Å²) in [7, 11) is 4.86. The van der Waals surface area contributed by atoms with Gasteiger partial charge in [-0.1, -0.05) is 12.1 Å². The number of rotatable bonds is 13. The van der Waals surface area contributed by atoms with Crippen molar-refractivity contribution in [3.63, 3.8) is 0 Å². The minimum Gasteiger partial charge on any atom is -0.504 e. The normalized spacial score (nSPS) is 11.6. The van der Waals surface area contributed by atoms with Crippen molar-refractivity contribution < 1.29 is 24.5 Å². The van der Waals surface area contributed by atoms with E-state index in [0.717, 1.165) is 11.1 Å². The van der Waals surface area contributed by atoms with E-state index in [1.165, 1.54) is 7.11 Å². The summed E-state index contributed by atoms with van der Waals surface area (Å²) in [5, 5.41) is 26.0. The Morgan fingerprint density at radius 2 is 1.91 bits per heavy atom. The molecule has 0 saturated carbocycles. The fourth-order valence-corrected chi connectivity index (χ4v) is 3.16. The Morgan fingerprint density at radius 1 is 1.15 bits per heavy atom. The van der Waals surface area contributed by atoms with Crippen LogP contribution in [-0.4, -0.2) is 56.3 Å². The molecular weight excluding hydrogens is 436 g/mol. The molecule has 0 fully saturated rings. The number of allylic oxidation sites excluding steroid dienone is 2. The third-order valence-electron chi connectivity index (χ3n) is 5.06. The van der Waals surface area contributed by atoms with Gasteiger partial charge in [0.05, 0.1) is 12.8 Å². The number of carbonyl (C=O) groups is 1. The molecule has 9 nitrogen and oxygen atoms in total. The summed E-state index contributed by atoms with van der Waals surface area (Å²) in [5.41, 5.74) is 7.99. The van der Waals surface area contributed by atoms with Crippen LogP contribution in [0, 0.1) is 0 Å². The first-order valence-electron chi connectivity index (χ1n) is 11.1. The number of hydrogen-bond donors (Lipinski definition) is 5. The second-order valence-electron chi connectivity index (χ2n) is 7.59. The lowest BCUT2D eigenvalue weighted by Gasteiger charge is -2.15. The number of carbonyl (C=O) groups excluding carboxylic acids is 1. The lowest BCUT2D eigenvalue weighted by atomic mass is 10.0. The number of likely N-dealkylation sites (N-methyl/N-ethyl adjacent to an activating group) is 1.